The van der Waals surface area contributed by atoms with E-state index >= 15 is 0 Å². The number of carbonyl (C=O) groups is 2. The van der Waals surface area contributed by atoms with Gasteiger partial charge >= 0.3 is 6.18 Å². The van der Waals surface area contributed by atoms with Gasteiger partial charge in [-0.3, -0.25) is 9.59 Å². The van der Waals surface area contributed by atoms with Crippen LogP contribution < -0.4 is 10.6 Å². The Morgan fingerprint density at radius 1 is 1.20 bits per heavy atom. The van der Waals surface area contributed by atoms with Crippen LogP contribution >= 0.6 is 0 Å². The van der Waals surface area contributed by atoms with E-state index in [1.807, 2.05) is 0 Å². The lowest BCUT2D eigenvalue weighted by Crippen LogP contribution is -2.59. The first-order chi connectivity index (χ1) is 13.9. The van der Waals surface area contributed by atoms with Crippen molar-refractivity contribution >= 4 is 11.8 Å². The molecule has 1 aliphatic heterocycles. The molecular weight excluding hydrogens is 393 g/mol. The molecule has 4 nitrogen and oxygen atoms in total. The molecule has 3 fully saturated rings. The molecule has 0 aromatic carbocycles. The van der Waals surface area contributed by atoms with Crippen molar-refractivity contribution in [1.82, 2.24) is 10.6 Å². The molecule has 1 heterocycles. The molecule has 0 radical (unpaired) electrons. The van der Waals surface area contributed by atoms with Gasteiger partial charge in [0.05, 0.1) is 6.42 Å². The van der Waals surface area contributed by atoms with Gasteiger partial charge in [-0.1, -0.05) is 19.9 Å². The molecule has 8 atom stereocenters. The number of nitrogens with one attached hydrogen (secondary N) is 2. The summed E-state index contributed by atoms with van der Waals surface area (Å²) in [5.41, 5.74) is -0.215. The highest BCUT2D eigenvalue weighted by Gasteiger charge is 2.60. The minimum Gasteiger partial charge on any atom is -0.353 e. The monoisotopic (exact) mass is 426 g/mol. The molecule has 1 unspecified atom stereocenters. The Morgan fingerprint density at radius 3 is 2.63 bits per heavy atom. The molecule has 30 heavy (non-hydrogen) atoms. The summed E-state index contributed by atoms with van der Waals surface area (Å²) >= 11 is 0. The van der Waals surface area contributed by atoms with Crippen LogP contribution in [0.3, 0.4) is 0 Å². The lowest BCUT2D eigenvalue weighted by Gasteiger charge is -2.58. The van der Waals surface area contributed by atoms with Crippen LogP contribution in [0.2, 0.25) is 0 Å². The van der Waals surface area contributed by atoms with Crippen LogP contribution in [0.1, 0.15) is 65.7 Å². The number of hydrogen-bond acceptors (Lipinski definition) is 2. The third kappa shape index (κ3) is 3.56. The van der Waals surface area contributed by atoms with Gasteiger partial charge < -0.3 is 10.6 Å². The van der Waals surface area contributed by atoms with Gasteiger partial charge in [0, 0.05) is 23.4 Å². The van der Waals surface area contributed by atoms with Gasteiger partial charge in [0.2, 0.25) is 11.8 Å². The molecule has 3 aliphatic carbocycles. The van der Waals surface area contributed by atoms with Crippen molar-refractivity contribution in [3.05, 3.63) is 12.2 Å². The number of rotatable bonds is 3. The van der Waals surface area contributed by atoms with Gasteiger partial charge in [0.1, 0.15) is 0 Å². The standard InChI is InChI=1S/C23H33F3N2O2/c1-13(12-23(24,25)26)27-20(30)17-6-5-15-14-4-7-18-22(3,11-9-19(29)28-18)16(14)8-10-21(15,17)2/h9,11,13-18H,4-8,10,12H2,1-3H3,(H,27,30)(H,28,29)/t13?,14-,15-,16-,17+,18+,21-,22+/m0/s1. The lowest BCUT2D eigenvalue weighted by molar-refractivity contribution is -0.144. The van der Waals surface area contributed by atoms with E-state index in [1.54, 1.807) is 6.08 Å². The van der Waals surface area contributed by atoms with Crippen molar-refractivity contribution in [3.8, 4) is 0 Å². The Kier molecular flexibility index (Phi) is 5.25. The second kappa shape index (κ2) is 7.27. The Bertz CT molecular complexity index is 751. The minimum atomic E-state index is -4.27. The average molecular weight is 427 g/mol. The number of carbonyl (C=O) groups excluding carboxylic acids is 2. The summed E-state index contributed by atoms with van der Waals surface area (Å²) in [6.07, 6.45) is 4.10. The smallest absolute Gasteiger partial charge is 0.353 e. The molecular formula is C23H33F3N2O2. The van der Waals surface area contributed by atoms with Gasteiger partial charge in [-0.2, -0.15) is 13.2 Å². The summed E-state index contributed by atoms with van der Waals surface area (Å²) in [4.78, 5) is 24.8. The predicted octanol–water partition coefficient (Wildman–Crippen LogP) is 4.36. The molecule has 2 amide bonds. The zero-order valence-electron chi connectivity index (χ0n) is 18.0. The van der Waals surface area contributed by atoms with Crippen molar-refractivity contribution in [1.29, 1.82) is 0 Å². The van der Waals surface area contributed by atoms with E-state index in [1.165, 1.54) is 6.92 Å². The minimum absolute atomic E-state index is 0.0119. The highest BCUT2D eigenvalue weighted by Crippen LogP contribution is 2.65. The van der Waals surface area contributed by atoms with Crippen LogP contribution in [0.5, 0.6) is 0 Å². The summed E-state index contributed by atoms with van der Waals surface area (Å²) in [5.74, 6) is 0.939. The summed E-state index contributed by atoms with van der Waals surface area (Å²) in [6.45, 7) is 5.88. The fourth-order valence-electron chi connectivity index (χ4n) is 7.51. The first kappa shape index (κ1) is 21.7. The Labute approximate surface area is 176 Å². The second-order valence-electron chi connectivity index (χ2n) is 10.6. The van der Waals surface area contributed by atoms with Crippen LogP contribution in [-0.4, -0.2) is 30.1 Å². The number of hydrogen-bond donors (Lipinski definition) is 2. The fraction of sp³-hybridized carbons (Fsp3) is 0.826. The molecule has 4 aliphatic rings. The Morgan fingerprint density at radius 2 is 1.93 bits per heavy atom. The fourth-order valence-corrected chi connectivity index (χ4v) is 7.51. The summed E-state index contributed by atoms with van der Waals surface area (Å²) < 4.78 is 38.0. The van der Waals surface area contributed by atoms with Crippen LogP contribution in [0.4, 0.5) is 13.2 Å². The van der Waals surface area contributed by atoms with Crippen molar-refractivity contribution < 1.29 is 22.8 Å². The van der Waals surface area contributed by atoms with E-state index in [4.69, 9.17) is 0 Å². The van der Waals surface area contributed by atoms with Gasteiger partial charge in [-0.25, -0.2) is 0 Å². The lowest BCUT2D eigenvalue weighted by atomic mass is 9.48. The normalized spacial score (nSPS) is 43.8. The van der Waals surface area contributed by atoms with Crippen LogP contribution in [0, 0.1) is 34.5 Å². The summed E-state index contributed by atoms with van der Waals surface area (Å²) in [5, 5.41) is 5.80. The number of amides is 2. The predicted molar refractivity (Wildman–Crippen MR) is 107 cm³/mol. The molecule has 0 spiro atoms. The maximum atomic E-state index is 13.0. The highest BCUT2D eigenvalue weighted by molar-refractivity contribution is 5.89. The zero-order chi connectivity index (χ0) is 21.9. The molecule has 0 bridgehead atoms. The SMILES string of the molecule is CC(CC(F)(F)F)NC(=O)[C@H]1CC[C@H]2[C@@H]3CC[C@H]4NC(=O)C=C[C@]4(C)[C@H]3CC[C@]12C. The van der Waals surface area contributed by atoms with Gasteiger partial charge in [-0.05, 0) is 74.7 Å². The van der Waals surface area contributed by atoms with Crippen LogP contribution in [-0.2, 0) is 9.59 Å². The van der Waals surface area contributed by atoms with Gasteiger partial charge in [-0.15, -0.1) is 0 Å². The number of alkyl halides is 3. The third-order valence-corrected chi connectivity index (χ3v) is 8.93. The van der Waals surface area contributed by atoms with E-state index in [2.05, 4.69) is 30.6 Å². The first-order valence-electron chi connectivity index (χ1n) is 11.3. The molecule has 0 aromatic heterocycles. The molecule has 0 aromatic rings. The second-order valence-corrected chi connectivity index (χ2v) is 10.6. The topological polar surface area (TPSA) is 58.2 Å². The number of halogens is 3. The quantitative estimate of drug-likeness (QED) is 0.705. The summed E-state index contributed by atoms with van der Waals surface area (Å²) in [6, 6.07) is -0.730. The first-order valence-corrected chi connectivity index (χ1v) is 11.3. The van der Waals surface area contributed by atoms with E-state index in [9.17, 15) is 22.8 Å². The third-order valence-electron chi connectivity index (χ3n) is 8.93. The average Bonchev–Trinajstić information content (AvgIpc) is 2.98. The van der Waals surface area contributed by atoms with Crippen molar-refractivity contribution in [3.63, 3.8) is 0 Å². The molecule has 3 saturated carbocycles. The van der Waals surface area contributed by atoms with Crippen LogP contribution in [0.15, 0.2) is 12.2 Å². The van der Waals surface area contributed by atoms with Crippen molar-refractivity contribution in [2.24, 2.45) is 34.5 Å². The van der Waals surface area contributed by atoms with E-state index in [-0.39, 0.29) is 34.6 Å². The maximum Gasteiger partial charge on any atom is 0.391 e. The molecule has 4 rings (SSSR count). The molecule has 2 N–H and O–H groups in total. The molecule has 168 valence electrons. The van der Waals surface area contributed by atoms with E-state index < -0.39 is 18.6 Å². The molecule has 0 saturated heterocycles. The van der Waals surface area contributed by atoms with Crippen LogP contribution in [0.25, 0.3) is 0 Å². The van der Waals surface area contributed by atoms with Crippen molar-refractivity contribution in [2.75, 3.05) is 0 Å². The van der Waals surface area contributed by atoms with E-state index in [0.29, 0.717) is 17.8 Å². The van der Waals surface area contributed by atoms with E-state index in [0.717, 1.165) is 38.5 Å². The van der Waals surface area contributed by atoms with Crippen molar-refractivity contribution in [2.45, 2.75) is 84.0 Å². The largest absolute Gasteiger partial charge is 0.391 e. The highest BCUT2D eigenvalue weighted by atomic mass is 19.4. The van der Waals surface area contributed by atoms with Gasteiger partial charge in [0.15, 0.2) is 0 Å². The zero-order valence-corrected chi connectivity index (χ0v) is 18.0. The summed E-state index contributed by atoms with van der Waals surface area (Å²) in [7, 11) is 0. The Hall–Kier alpha value is -1.53. The van der Waals surface area contributed by atoms with Gasteiger partial charge in [0.25, 0.3) is 0 Å². The Balaban J connectivity index is 1.49. The maximum absolute atomic E-state index is 13.0. The number of fused-ring (bicyclic) bond motifs is 5. The molecule has 7 heteroatoms.